The predicted octanol–water partition coefficient (Wildman–Crippen LogP) is 3.58. The Bertz CT molecular complexity index is 810. The van der Waals surface area contributed by atoms with Crippen LogP contribution in [0.4, 0.5) is 0 Å². The normalized spacial score (nSPS) is 18.5. The van der Waals surface area contributed by atoms with Gasteiger partial charge in [0, 0.05) is 37.5 Å². The minimum Gasteiger partial charge on any atom is -0.492 e. The second-order valence-electron chi connectivity index (χ2n) is 7.57. The van der Waals surface area contributed by atoms with E-state index in [0.29, 0.717) is 37.0 Å². The fraction of sp³-hybridized carbons (Fsp3) is 0.478. The summed E-state index contributed by atoms with van der Waals surface area (Å²) in [5, 5.41) is 8.82. The van der Waals surface area contributed by atoms with Gasteiger partial charge in [0.05, 0.1) is 17.4 Å². The molecule has 1 aliphatic heterocycles. The van der Waals surface area contributed by atoms with Crippen LogP contribution in [-0.4, -0.2) is 44.1 Å². The highest BCUT2D eigenvalue weighted by molar-refractivity contribution is 7.09. The van der Waals surface area contributed by atoms with Crippen LogP contribution in [-0.2, 0) is 20.9 Å². The lowest BCUT2D eigenvalue weighted by Gasteiger charge is -2.20. The van der Waals surface area contributed by atoms with E-state index in [-0.39, 0.29) is 12.1 Å². The first kappa shape index (κ1) is 22.3. The Morgan fingerprint density at radius 1 is 1.37 bits per heavy atom. The summed E-state index contributed by atoms with van der Waals surface area (Å²) in [4.78, 5) is 17.9. The summed E-state index contributed by atoms with van der Waals surface area (Å²) < 4.78 is 11.3. The number of nitrogens with zero attached hydrogens (tertiary/aromatic N) is 1. The van der Waals surface area contributed by atoms with Gasteiger partial charge in [-0.25, -0.2) is 4.79 Å². The van der Waals surface area contributed by atoms with Crippen LogP contribution < -0.4 is 10.6 Å². The third-order valence-electron chi connectivity index (χ3n) is 4.67. The van der Waals surface area contributed by atoms with Crippen LogP contribution >= 0.6 is 11.3 Å². The quantitative estimate of drug-likeness (QED) is 0.439. The van der Waals surface area contributed by atoms with Gasteiger partial charge in [-0.2, -0.15) is 0 Å². The van der Waals surface area contributed by atoms with Gasteiger partial charge in [-0.3, -0.25) is 4.99 Å². The van der Waals surface area contributed by atoms with Crippen LogP contribution in [0.25, 0.3) is 0 Å². The van der Waals surface area contributed by atoms with Crippen molar-refractivity contribution in [2.45, 2.75) is 39.4 Å². The summed E-state index contributed by atoms with van der Waals surface area (Å²) in [7, 11) is 0. The predicted molar refractivity (Wildman–Crippen MR) is 122 cm³/mol. The molecule has 1 unspecified atom stereocenters. The Morgan fingerprint density at radius 2 is 2.27 bits per heavy atom. The maximum atomic E-state index is 12.2. The smallest absolute Gasteiger partial charge is 0.341 e. The van der Waals surface area contributed by atoms with Crippen molar-refractivity contribution < 1.29 is 14.3 Å². The largest absolute Gasteiger partial charge is 0.492 e. The molecule has 0 fully saturated rings. The fourth-order valence-corrected chi connectivity index (χ4v) is 3.87. The molecule has 3 rings (SSSR count). The van der Waals surface area contributed by atoms with Crippen molar-refractivity contribution in [2.75, 3.05) is 26.2 Å². The molecule has 2 heterocycles. The number of ether oxygens (including phenoxy) is 2. The van der Waals surface area contributed by atoms with Crippen molar-refractivity contribution >= 4 is 23.1 Å². The van der Waals surface area contributed by atoms with Gasteiger partial charge in [-0.15, -0.1) is 11.3 Å². The van der Waals surface area contributed by atoms with Crippen molar-refractivity contribution in [3.63, 3.8) is 0 Å². The molecule has 1 aliphatic carbocycles. The van der Waals surface area contributed by atoms with Crippen molar-refractivity contribution in [3.05, 3.63) is 58.0 Å². The number of aliphatic imine (C=N–C) groups is 1. The van der Waals surface area contributed by atoms with Crippen molar-refractivity contribution in [3.8, 4) is 0 Å². The SMILES string of the molecule is CC(C)OC(=O)C1=CCCN=C1NCCNCC1C=CC=C(OCc2cccs2)C1. The molecule has 6 nitrogen and oxygen atoms in total. The first-order chi connectivity index (χ1) is 14.6. The van der Waals surface area contributed by atoms with Gasteiger partial charge in [0.1, 0.15) is 12.4 Å². The molecule has 1 atom stereocenters. The van der Waals surface area contributed by atoms with Gasteiger partial charge in [0.2, 0.25) is 0 Å². The van der Waals surface area contributed by atoms with Gasteiger partial charge in [-0.1, -0.05) is 24.3 Å². The van der Waals surface area contributed by atoms with E-state index in [9.17, 15) is 4.79 Å². The van der Waals surface area contributed by atoms with E-state index in [0.717, 1.165) is 31.7 Å². The number of nitrogens with one attached hydrogen (secondary N) is 2. The topological polar surface area (TPSA) is 72.0 Å². The maximum absolute atomic E-state index is 12.2. The lowest BCUT2D eigenvalue weighted by Crippen LogP contribution is -2.37. The van der Waals surface area contributed by atoms with Gasteiger partial charge in [0.15, 0.2) is 0 Å². The lowest BCUT2D eigenvalue weighted by atomic mass is 9.99. The summed E-state index contributed by atoms with van der Waals surface area (Å²) >= 11 is 1.72. The minimum absolute atomic E-state index is 0.139. The number of carbonyl (C=O) groups is 1. The summed E-state index contributed by atoms with van der Waals surface area (Å²) in [6.07, 6.45) is 9.78. The van der Waals surface area contributed by atoms with Crippen LogP contribution in [0.2, 0.25) is 0 Å². The molecule has 7 heteroatoms. The van der Waals surface area contributed by atoms with Crippen LogP contribution in [0.3, 0.4) is 0 Å². The van der Waals surface area contributed by atoms with Crippen molar-refractivity contribution in [2.24, 2.45) is 10.9 Å². The summed E-state index contributed by atoms with van der Waals surface area (Å²) in [6.45, 7) is 7.39. The van der Waals surface area contributed by atoms with Gasteiger partial charge in [0.25, 0.3) is 0 Å². The number of rotatable bonds is 10. The Labute approximate surface area is 182 Å². The third kappa shape index (κ3) is 7.15. The number of thiophene rings is 1. The highest BCUT2D eigenvalue weighted by atomic mass is 32.1. The second-order valence-corrected chi connectivity index (χ2v) is 8.60. The number of allylic oxidation sites excluding steroid dienone is 3. The van der Waals surface area contributed by atoms with E-state index < -0.39 is 0 Å². The molecule has 1 aromatic rings. The van der Waals surface area contributed by atoms with Crippen LogP contribution in [0.5, 0.6) is 0 Å². The van der Waals surface area contributed by atoms with Gasteiger partial charge >= 0.3 is 5.97 Å². The molecule has 0 saturated carbocycles. The van der Waals surface area contributed by atoms with E-state index in [4.69, 9.17) is 9.47 Å². The molecule has 0 bridgehead atoms. The zero-order chi connectivity index (χ0) is 21.2. The van der Waals surface area contributed by atoms with Crippen LogP contribution in [0.1, 0.15) is 31.6 Å². The zero-order valence-electron chi connectivity index (χ0n) is 17.7. The Morgan fingerprint density at radius 3 is 3.07 bits per heavy atom. The highest BCUT2D eigenvalue weighted by Gasteiger charge is 2.20. The average molecular weight is 430 g/mol. The van der Waals surface area contributed by atoms with Crippen LogP contribution in [0, 0.1) is 5.92 Å². The number of hydrogen-bond donors (Lipinski definition) is 2. The van der Waals surface area contributed by atoms with Gasteiger partial charge in [-0.05, 0) is 43.7 Å². The molecule has 0 spiro atoms. The standard InChI is InChI=1S/C23H31N3O3S/c1-17(2)29-23(27)21-9-4-10-25-22(21)26-12-11-24-15-18-6-3-7-19(14-18)28-16-20-8-5-13-30-20/h3,5-9,13,17-18,24H,4,10-12,14-16H2,1-2H3,(H,25,26). The Hall–Kier alpha value is -2.38. The van der Waals surface area contributed by atoms with Crippen LogP contribution in [0.15, 0.2) is 58.1 Å². The van der Waals surface area contributed by atoms with E-state index >= 15 is 0 Å². The van der Waals surface area contributed by atoms with E-state index in [1.165, 1.54) is 4.88 Å². The number of carbonyl (C=O) groups excluding carboxylic acids is 1. The second kappa shape index (κ2) is 11.7. The lowest BCUT2D eigenvalue weighted by molar-refractivity contribution is -0.142. The number of amidine groups is 1. The van der Waals surface area contributed by atoms with E-state index in [1.807, 2.05) is 26.0 Å². The maximum Gasteiger partial charge on any atom is 0.341 e. The fourth-order valence-electron chi connectivity index (χ4n) is 3.25. The molecule has 30 heavy (non-hydrogen) atoms. The highest BCUT2D eigenvalue weighted by Crippen LogP contribution is 2.21. The van der Waals surface area contributed by atoms with E-state index in [2.05, 4.69) is 45.3 Å². The molecule has 1 aromatic heterocycles. The monoisotopic (exact) mass is 429 g/mol. The van der Waals surface area contributed by atoms with Crippen molar-refractivity contribution in [1.29, 1.82) is 0 Å². The number of hydrogen-bond acceptors (Lipinski definition) is 7. The summed E-state index contributed by atoms with van der Waals surface area (Å²) in [5.74, 6) is 1.78. The molecular weight excluding hydrogens is 398 g/mol. The molecule has 2 aliphatic rings. The molecule has 162 valence electrons. The van der Waals surface area contributed by atoms with Crippen molar-refractivity contribution in [1.82, 2.24) is 10.6 Å². The molecule has 0 amide bonds. The van der Waals surface area contributed by atoms with E-state index in [1.54, 1.807) is 11.3 Å². The molecule has 2 N–H and O–H groups in total. The molecule has 0 aromatic carbocycles. The number of esters is 1. The molecule has 0 saturated heterocycles. The molecule has 0 radical (unpaired) electrons. The molecular formula is C23H31N3O3S. The summed E-state index contributed by atoms with van der Waals surface area (Å²) in [5.41, 5.74) is 0.544. The summed E-state index contributed by atoms with van der Waals surface area (Å²) in [6, 6.07) is 4.14. The zero-order valence-corrected chi connectivity index (χ0v) is 18.5. The Kier molecular flexibility index (Phi) is 8.71. The van der Waals surface area contributed by atoms with Gasteiger partial charge < -0.3 is 20.1 Å². The third-order valence-corrected chi connectivity index (χ3v) is 5.52. The minimum atomic E-state index is -0.307. The first-order valence-electron chi connectivity index (χ1n) is 10.5. The Balaban J connectivity index is 1.33. The first-order valence-corrected chi connectivity index (χ1v) is 11.4. The average Bonchev–Trinajstić information content (AvgIpc) is 3.26. The number of dihydropyridines is 1.